The van der Waals surface area contributed by atoms with Crippen LogP contribution in [-0.2, 0) is 16.0 Å². The van der Waals surface area contributed by atoms with Crippen LogP contribution in [-0.4, -0.2) is 26.9 Å². The number of amides is 1. The highest BCUT2D eigenvalue weighted by Gasteiger charge is 2.50. The van der Waals surface area contributed by atoms with Crippen LogP contribution in [0.25, 0.3) is 0 Å². The molecular formula is C10H14N4O2S. The highest BCUT2D eigenvalue weighted by molar-refractivity contribution is 8.07. The molecule has 1 amide bonds. The van der Waals surface area contributed by atoms with Crippen molar-refractivity contribution < 1.29 is 9.35 Å². The molecule has 1 aliphatic heterocycles. The van der Waals surface area contributed by atoms with E-state index in [1.54, 1.807) is 6.19 Å². The van der Waals surface area contributed by atoms with Crippen molar-refractivity contribution in [3.8, 4) is 6.19 Å². The van der Waals surface area contributed by atoms with E-state index in [4.69, 9.17) is 11.0 Å². The molecule has 0 spiro atoms. The average Bonchev–Trinajstić information content (AvgIpc) is 2.50. The highest BCUT2D eigenvalue weighted by atomic mass is 32.2. The van der Waals surface area contributed by atoms with Crippen LogP contribution in [0.5, 0.6) is 0 Å². The summed E-state index contributed by atoms with van der Waals surface area (Å²) in [7, 11) is 0. The third-order valence-electron chi connectivity index (χ3n) is 3.36. The van der Waals surface area contributed by atoms with Gasteiger partial charge in [0.15, 0.2) is 0 Å². The quantitative estimate of drug-likeness (QED) is 0.489. The molecule has 4 unspecified atom stereocenters. The molecule has 1 heterocycles. The minimum Gasteiger partial charge on any atom is -0.609 e. The Hall–Kier alpha value is -1.26. The van der Waals surface area contributed by atoms with Crippen LogP contribution >= 0.6 is 0 Å². The lowest BCUT2D eigenvalue weighted by atomic mass is 9.94. The van der Waals surface area contributed by atoms with Crippen molar-refractivity contribution in [3.05, 3.63) is 0 Å². The summed E-state index contributed by atoms with van der Waals surface area (Å²) < 4.78 is 12.1. The number of amidine groups is 1. The van der Waals surface area contributed by atoms with E-state index in [-0.39, 0.29) is 28.3 Å². The molecule has 2 fully saturated rings. The number of hydrogen-bond donors (Lipinski definition) is 2. The number of nitrogens with one attached hydrogen (secondary N) is 1. The highest BCUT2D eigenvalue weighted by Crippen LogP contribution is 2.32. The van der Waals surface area contributed by atoms with Gasteiger partial charge in [0, 0.05) is 11.2 Å². The van der Waals surface area contributed by atoms with Crippen LogP contribution in [0.3, 0.4) is 0 Å². The summed E-state index contributed by atoms with van der Waals surface area (Å²) in [6, 6.07) is -0.233. The second kappa shape index (κ2) is 4.94. The van der Waals surface area contributed by atoms with Crippen molar-refractivity contribution in [1.29, 1.82) is 5.26 Å². The Kier molecular flexibility index (Phi) is 3.54. The Morgan fingerprint density at radius 1 is 1.59 bits per heavy atom. The van der Waals surface area contributed by atoms with Crippen LogP contribution in [0.4, 0.5) is 0 Å². The summed E-state index contributed by atoms with van der Waals surface area (Å²) in [5.41, 5.74) is 5.37. The van der Waals surface area contributed by atoms with Gasteiger partial charge in [-0.1, -0.05) is 6.42 Å². The van der Waals surface area contributed by atoms with Gasteiger partial charge in [-0.2, -0.15) is 5.26 Å². The minimum absolute atomic E-state index is 0.151. The van der Waals surface area contributed by atoms with Gasteiger partial charge in [-0.25, -0.2) is 0 Å². The number of carbonyl (C=O) groups excluding carboxylic acids is 1. The lowest BCUT2D eigenvalue weighted by molar-refractivity contribution is -0.122. The number of hydrogen-bond acceptors (Lipinski definition) is 4. The van der Waals surface area contributed by atoms with Crippen LogP contribution in [0.2, 0.25) is 0 Å². The minimum atomic E-state index is -1.32. The van der Waals surface area contributed by atoms with Crippen molar-refractivity contribution in [2.75, 3.05) is 0 Å². The average molecular weight is 254 g/mol. The van der Waals surface area contributed by atoms with E-state index < -0.39 is 11.2 Å². The lowest BCUT2D eigenvalue weighted by Gasteiger charge is -2.20. The topological polar surface area (TPSA) is 114 Å². The van der Waals surface area contributed by atoms with E-state index in [1.807, 2.05) is 0 Å². The first-order valence-electron chi connectivity index (χ1n) is 5.58. The normalized spacial score (nSPS) is 38.9. The van der Waals surface area contributed by atoms with Gasteiger partial charge in [0.25, 0.3) is 0 Å². The van der Waals surface area contributed by atoms with Crippen LogP contribution < -0.4 is 11.1 Å². The Bertz CT molecular complexity index is 392. The summed E-state index contributed by atoms with van der Waals surface area (Å²) in [4.78, 5) is 14.9. The Morgan fingerprint density at radius 2 is 2.29 bits per heavy atom. The number of aliphatic imine (C=N–C) groups is 1. The number of nitriles is 1. The van der Waals surface area contributed by atoms with E-state index >= 15 is 0 Å². The third-order valence-corrected chi connectivity index (χ3v) is 5.03. The molecule has 0 radical (unpaired) electrons. The van der Waals surface area contributed by atoms with Crippen molar-refractivity contribution in [2.45, 2.75) is 37.0 Å². The van der Waals surface area contributed by atoms with E-state index in [0.29, 0.717) is 6.42 Å². The third kappa shape index (κ3) is 2.23. The second-order valence-electron chi connectivity index (χ2n) is 4.32. The van der Waals surface area contributed by atoms with Gasteiger partial charge in [0.2, 0.25) is 12.1 Å². The number of rotatable bonds is 1. The van der Waals surface area contributed by atoms with E-state index in [1.165, 1.54) is 0 Å². The molecule has 0 aromatic rings. The number of nitrogens with zero attached hydrogens (tertiary/aromatic N) is 2. The van der Waals surface area contributed by atoms with E-state index in [0.717, 1.165) is 19.3 Å². The maximum absolute atomic E-state index is 12.1. The van der Waals surface area contributed by atoms with Crippen molar-refractivity contribution in [3.63, 3.8) is 0 Å². The first-order valence-corrected chi connectivity index (χ1v) is 6.79. The Morgan fingerprint density at radius 3 is 2.94 bits per heavy atom. The molecule has 2 rings (SSSR count). The summed E-state index contributed by atoms with van der Waals surface area (Å²) in [5, 5.41) is 11.5. The Balaban J connectivity index is 2.26. The van der Waals surface area contributed by atoms with Gasteiger partial charge in [-0.15, -0.1) is 4.99 Å². The van der Waals surface area contributed by atoms with Gasteiger partial charge < -0.3 is 15.6 Å². The zero-order chi connectivity index (χ0) is 12.4. The number of nitrogens with two attached hydrogens (primary N) is 1. The van der Waals surface area contributed by atoms with Crippen molar-refractivity contribution in [1.82, 2.24) is 5.32 Å². The Labute approximate surface area is 102 Å². The lowest BCUT2D eigenvalue weighted by Crippen LogP contribution is -2.44. The number of fused-ring (bicyclic) bond motifs is 1. The molecule has 6 nitrogen and oxygen atoms in total. The molecule has 0 bridgehead atoms. The number of primary amides is 1. The van der Waals surface area contributed by atoms with Gasteiger partial charge in [0.05, 0.1) is 12.0 Å². The molecule has 17 heavy (non-hydrogen) atoms. The molecule has 1 saturated carbocycles. The molecule has 0 aromatic carbocycles. The largest absolute Gasteiger partial charge is 0.609 e. The van der Waals surface area contributed by atoms with Crippen molar-refractivity contribution >= 4 is 22.3 Å². The maximum atomic E-state index is 12.1. The fourth-order valence-corrected chi connectivity index (χ4v) is 4.12. The second-order valence-corrected chi connectivity index (χ2v) is 5.90. The predicted octanol–water partition coefficient (Wildman–Crippen LogP) is -0.412. The molecule has 0 aromatic heterocycles. The standard InChI is InChI=1S/C10H14N4O2S/c11-5-13-10-14-8-6(9(12)15)3-1-2-4-7(8)17(10)16/h6-8H,1-4H2,(H2,12,15)(H,13,14). The molecule has 1 aliphatic carbocycles. The zero-order valence-electron chi connectivity index (χ0n) is 9.26. The number of carbonyl (C=O) groups is 1. The van der Waals surface area contributed by atoms with Gasteiger partial charge in [-0.05, 0) is 19.3 Å². The first kappa shape index (κ1) is 12.2. The van der Waals surface area contributed by atoms with E-state index in [9.17, 15) is 9.35 Å². The SMILES string of the molecule is N#C/N=C1/NC2C(C(N)=O)CCCCC2[S+]1[O-]. The van der Waals surface area contributed by atoms with Gasteiger partial charge in [-0.3, -0.25) is 4.79 Å². The predicted molar refractivity (Wildman–Crippen MR) is 63.1 cm³/mol. The van der Waals surface area contributed by atoms with E-state index in [2.05, 4.69) is 10.3 Å². The fourth-order valence-electron chi connectivity index (χ4n) is 2.55. The van der Waals surface area contributed by atoms with Gasteiger partial charge in [0.1, 0.15) is 5.25 Å². The molecule has 92 valence electrons. The monoisotopic (exact) mass is 254 g/mol. The summed E-state index contributed by atoms with van der Waals surface area (Å²) in [6.45, 7) is 0. The molecule has 4 atom stereocenters. The molecule has 1 saturated heterocycles. The summed E-state index contributed by atoms with van der Waals surface area (Å²) in [6.07, 6.45) is 4.96. The van der Waals surface area contributed by atoms with Gasteiger partial charge >= 0.3 is 5.17 Å². The summed E-state index contributed by atoms with van der Waals surface area (Å²) in [5.74, 6) is -0.692. The van der Waals surface area contributed by atoms with Crippen LogP contribution in [0, 0.1) is 17.4 Å². The van der Waals surface area contributed by atoms with Crippen LogP contribution in [0.1, 0.15) is 25.7 Å². The molecule has 7 heteroatoms. The summed E-state index contributed by atoms with van der Waals surface area (Å²) >= 11 is -1.32. The van der Waals surface area contributed by atoms with Crippen LogP contribution in [0.15, 0.2) is 4.99 Å². The fraction of sp³-hybridized carbons (Fsp3) is 0.700. The first-order chi connectivity index (χ1) is 8.15. The molecule has 3 N–H and O–H groups in total. The van der Waals surface area contributed by atoms with Crippen molar-refractivity contribution in [2.24, 2.45) is 16.6 Å². The smallest absolute Gasteiger partial charge is 0.327 e. The zero-order valence-corrected chi connectivity index (χ0v) is 10.1. The molecular weight excluding hydrogens is 240 g/mol. The molecule has 2 aliphatic rings. The maximum Gasteiger partial charge on any atom is 0.327 e.